The van der Waals surface area contributed by atoms with Crippen molar-refractivity contribution in [3.8, 4) is 0 Å². The van der Waals surface area contributed by atoms with Crippen molar-refractivity contribution in [2.45, 2.75) is 13.0 Å². The summed E-state index contributed by atoms with van der Waals surface area (Å²) in [5.41, 5.74) is 4.42. The zero-order valence-electron chi connectivity index (χ0n) is 17.8. The average Bonchev–Trinajstić information content (AvgIpc) is 3.36. The number of amides is 1. The second-order valence-electron chi connectivity index (χ2n) is 8.46. The number of nitrogens with zero attached hydrogens (tertiary/aromatic N) is 2. The van der Waals surface area contributed by atoms with Gasteiger partial charge in [-0.15, -0.1) is 24.8 Å². The van der Waals surface area contributed by atoms with Crippen LogP contribution in [0, 0.1) is 18.8 Å². The minimum Gasteiger partial charge on any atom is -0.378 e. The van der Waals surface area contributed by atoms with Gasteiger partial charge in [0.1, 0.15) is 0 Å². The molecule has 2 aromatic carbocycles. The van der Waals surface area contributed by atoms with Gasteiger partial charge in [0.2, 0.25) is 0 Å². The number of carbonyl (C=O) groups is 1. The molecular formula is C24H31Cl2N3O2. The van der Waals surface area contributed by atoms with E-state index in [1.165, 1.54) is 11.1 Å². The van der Waals surface area contributed by atoms with Gasteiger partial charge in [0.25, 0.3) is 5.91 Å². The van der Waals surface area contributed by atoms with Crippen LogP contribution in [0.25, 0.3) is 0 Å². The maximum atomic E-state index is 13.9. The highest BCUT2D eigenvalue weighted by Gasteiger charge is 2.47. The molecule has 0 aromatic heterocycles. The van der Waals surface area contributed by atoms with Crippen molar-refractivity contribution in [3.63, 3.8) is 0 Å². The van der Waals surface area contributed by atoms with Crippen LogP contribution >= 0.6 is 24.8 Å². The molecule has 1 amide bonds. The van der Waals surface area contributed by atoms with E-state index in [1.807, 2.05) is 18.2 Å². The van der Waals surface area contributed by atoms with Crippen LogP contribution in [0.5, 0.6) is 0 Å². The third kappa shape index (κ3) is 4.42. The minimum absolute atomic E-state index is 0. The normalized spacial score (nSPS) is 24.9. The van der Waals surface area contributed by atoms with E-state index in [4.69, 9.17) is 4.74 Å². The summed E-state index contributed by atoms with van der Waals surface area (Å²) in [5, 5.41) is 3.55. The van der Waals surface area contributed by atoms with Gasteiger partial charge in [-0.2, -0.15) is 0 Å². The maximum absolute atomic E-state index is 13.9. The molecule has 3 heterocycles. The standard InChI is InChI=1S/C24H29N3O2.2ClH/c1-17-6-2-3-7-19(17)23-21-15-25-14-18(21)16-27(23)24(28)20-8-4-5-9-22(20)26-10-12-29-13-11-26;;/h2-9,18,21,23,25H,10-16H2,1H3;2*1H/t18-,21-,23+;;/m0../s1. The largest absolute Gasteiger partial charge is 0.378 e. The molecule has 0 aliphatic carbocycles. The van der Waals surface area contributed by atoms with Crippen LogP contribution in [0.2, 0.25) is 0 Å². The van der Waals surface area contributed by atoms with E-state index < -0.39 is 0 Å². The predicted molar refractivity (Wildman–Crippen MR) is 129 cm³/mol. The van der Waals surface area contributed by atoms with Gasteiger partial charge in [-0.1, -0.05) is 36.4 Å². The highest BCUT2D eigenvalue weighted by Crippen LogP contribution is 2.44. The lowest BCUT2D eigenvalue weighted by atomic mass is 9.87. The van der Waals surface area contributed by atoms with Crippen LogP contribution in [-0.2, 0) is 4.74 Å². The Balaban J connectivity index is 0.00000136. The fraction of sp³-hybridized carbons (Fsp3) is 0.458. The Hall–Kier alpha value is -1.79. The number of hydrogen-bond donors (Lipinski definition) is 1. The van der Waals surface area contributed by atoms with Crippen molar-refractivity contribution >= 4 is 36.4 Å². The molecule has 2 aromatic rings. The zero-order chi connectivity index (χ0) is 19.8. The number of para-hydroxylation sites is 1. The minimum atomic E-state index is 0. The van der Waals surface area contributed by atoms with E-state index in [2.05, 4.69) is 52.4 Å². The Bertz CT molecular complexity index is 904. The van der Waals surface area contributed by atoms with E-state index in [9.17, 15) is 4.79 Å². The summed E-state index contributed by atoms with van der Waals surface area (Å²) in [5.74, 6) is 1.17. The average molecular weight is 464 g/mol. The van der Waals surface area contributed by atoms with Gasteiger partial charge < -0.3 is 19.9 Å². The predicted octanol–water partition coefficient (Wildman–Crippen LogP) is 3.71. The van der Waals surface area contributed by atoms with Gasteiger partial charge in [-0.3, -0.25) is 4.79 Å². The van der Waals surface area contributed by atoms with Crippen molar-refractivity contribution in [2.75, 3.05) is 50.8 Å². The van der Waals surface area contributed by atoms with Crippen LogP contribution in [0.15, 0.2) is 48.5 Å². The molecule has 3 aliphatic rings. The molecule has 3 atom stereocenters. The second-order valence-corrected chi connectivity index (χ2v) is 8.46. The SMILES string of the molecule is Cc1ccccc1[C@@H]1[C@H]2CNC[C@H]2CN1C(=O)c1ccccc1N1CCOCC1.Cl.Cl. The Morgan fingerprint density at radius 1 is 1.00 bits per heavy atom. The fourth-order valence-electron chi connectivity index (χ4n) is 5.34. The molecule has 168 valence electrons. The number of aryl methyl sites for hydroxylation is 1. The lowest BCUT2D eigenvalue weighted by Gasteiger charge is -2.33. The number of rotatable bonds is 3. The number of nitrogens with one attached hydrogen (secondary N) is 1. The molecule has 0 unspecified atom stereocenters. The highest BCUT2D eigenvalue weighted by molar-refractivity contribution is 6.00. The third-order valence-electron chi connectivity index (χ3n) is 6.82. The van der Waals surface area contributed by atoms with E-state index >= 15 is 0 Å². The van der Waals surface area contributed by atoms with E-state index in [0.717, 1.165) is 44.0 Å². The number of carbonyl (C=O) groups excluding carboxylic acids is 1. The Kier molecular flexibility index (Phi) is 7.87. The van der Waals surface area contributed by atoms with E-state index in [1.54, 1.807) is 0 Å². The molecular weight excluding hydrogens is 433 g/mol. The lowest BCUT2D eigenvalue weighted by molar-refractivity contribution is 0.0713. The summed E-state index contributed by atoms with van der Waals surface area (Å²) in [6.45, 7) is 8.08. The van der Waals surface area contributed by atoms with Crippen LogP contribution in [0.4, 0.5) is 5.69 Å². The van der Waals surface area contributed by atoms with E-state index in [0.29, 0.717) is 25.0 Å². The number of fused-ring (bicyclic) bond motifs is 1. The number of ether oxygens (including phenoxy) is 1. The molecule has 7 heteroatoms. The quantitative estimate of drug-likeness (QED) is 0.753. The number of likely N-dealkylation sites (tertiary alicyclic amines) is 1. The van der Waals surface area contributed by atoms with Crippen LogP contribution in [0.3, 0.4) is 0 Å². The molecule has 0 bridgehead atoms. The Morgan fingerprint density at radius 2 is 1.71 bits per heavy atom. The Morgan fingerprint density at radius 3 is 2.48 bits per heavy atom. The molecule has 1 N–H and O–H groups in total. The maximum Gasteiger partial charge on any atom is 0.256 e. The van der Waals surface area contributed by atoms with Crippen molar-refractivity contribution in [3.05, 3.63) is 65.2 Å². The van der Waals surface area contributed by atoms with Gasteiger partial charge >= 0.3 is 0 Å². The van der Waals surface area contributed by atoms with E-state index in [-0.39, 0.29) is 36.8 Å². The van der Waals surface area contributed by atoms with Gasteiger partial charge in [-0.05, 0) is 36.1 Å². The number of benzene rings is 2. The topological polar surface area (TPSA) is 44.8 Å². The van der Waals surface area contributed by atoms with Gasteiger partial charge in [-0.25, -0.2) is 0 Å². The molecule has 3 fully saturated rings. The smallest absolute Gasteiger partial charge is 0.256 e. The third-order valence-corrected chi connectivity index (χ3v) is 6.82. The molecule has 5 rings (SSSR count). The lowest BCUT2D eigenvalue weighted by Crippen LogP contribution is -2.39. The first kappa shape index (κ1) is 23.9. The number of morpholine rings is 1. The monoisotopic (exact) mass is 463 g/mol. The first-order chi connectivity index (χ1) is 14.2. The summed E-state index contributed by atoms with van der Waals surface area (Å²) in [6.07, 6.45) is 0. The molecule has 5 nitrogen and oxygen atoms in total. The summed E-state index contributed by atoms with van der Waals surface area (Å²) >= 11 is 0. The Labute approximate surface area is 197 Å². The van der Waals surface area contributed by atoms with Gasteiger partial charge in [0.05, 0.1) is 24.8 Å². The summed E-state index contributed by atoms with van der Waals surface area (Å²) < 4.78 is 5.52. The van der Waals surface area contributed by atoms with Crippen molar-refractivity contribution in [1.82, 2.24) is 10.2 Å². The molecule has 3 saturated heterocycles. The van der Waals surface area contributed by atoms with Crippen LogP contribution < -0.4 is 10.2 Å². The summed E-state index contributed by atoms with van der Waals surface area (Å²) in [4.78, 5) is 18.3. The summed E-state index contributed by atoms with van der Waals surface area (Å²) in [6, 6.07) is 16.8. The number of anilines is 1. The van der Waals surface area contributed by atoms with Gasteiger partial charge in [0, 0.05) is 44.3 Å². The van der Waals surface area contributed by atoms with Crippen molar-refractivity contribution < 1.29 is 9.53 Å². The van der Waals surface area contributed by atoms with Gasteiger partial charge in [0.15, 0.2) is 0 Å². The van der Waals surface area contributed by atoms with Crippen molar-refractivity contribution in [2.24, 2.45) is 11.8 Å². The first-order valence-corrected chi connectivity index (χ1v) is 10.7. The molecule has 31 heavy (non-hydrogen) atoms. The molecule has 0 saturated carbocycles. The van der Waals surface area contributed by atoms with Crippen LogP contribution in [-0.4, -0.2) is 56.7 Å². The first-order valence-electron chi connectivity index (χ1n) is 10.7. The number of halogens is 2. The highest BCUT2D eigenvalue weighted by atomic mass is 35.5. The van der Waals surface area contributed by atoms with Crippen LogP contribution in [0.1, 0.15) is 27.5 Å². The molecule has 0 spiro atoms. The summed E-state index contributed by atoms with van der Waals surface area (Å²) in [7, 11) is 0. The van der Waals surface area contributed by atoms with Crippen molar-refractivity contribution in [1.29, 1.82) is 0 Å². The molecule has 3 aliphatic heterocycles. The number of hydrogen-bond acceptors (Lipinski definition) is 4. The zero-order valence-corrected chi connectivity index (χ0v) is 19.5. The molecule has 0 radical (unpaired) electrons. The second kappa shape index (κ2) is 10.2. The fourth-order valence-corrected chi connectivity index (χ4v) is 5.34.